The minimum Gasteiger partial charge on any atom is -0.397 e. The first-order chi connectivity index (χ1) is 9.00. The van der Waals surface area contributed by atoms with Crippen molar-refractivity contribution in [2.45, 2.75) is 6.04 Å². The monoisotopic (exact) mass is 265 g/mol. The van der Waals surface area contributed by atoms with E-state index in [1.807, 2.05) is 0 Å². The predicted octanol–water partition coefficient (Wildman–Crippen LogP) is -1.55. The summed E-state index contributed by atoms with van der Waals surface area (Å²) in [6, 6.07) is 0.751. The summed E-state index contributed by atoms with van der Waals surface area (Å²) in [6.45, 7) is 0.957. The van der Waals surface area contributed by atoms with Gasteiger partial charge in [0.25, 0.3) is 5.91 Å². The van der Waals surface area contributed by atoms with Crippen LogP contribution < -0.4 is 22.1 Å². The lowest BCUT2D eigenvalue weighted by atomic mass is 10.1. The quantitative estimate of drug-likeness (QED) is 0.605. The fourth-order valence-corrected chi connectivity index (χ4v) is 1.98. The Balaban J connectivity index is 2.44. The van der Waals surface area contributed by atoms with Crippen molar-refractivity contribution in [3.05, 3.63) is 17.8 Å². The number of hydrogen-bond donors (Lipinski definition) is 3. The summed E-state index contributed by atoms with van der Waals surface area (Å²) >= 11 is 0. The number of hydrogen-bond acceptors (Lipinski definition) is 6. The molecule has 1 aliphatic heterocycles. The van der Waals surface area contributed by atoms with Crippen LogP contribution in [0.15, 0.2) is 12.3 Å². The van der Waals surface area contributed by atoms with Crippen molar-refractivity contribution < 1.29 is 14.3 Å². The van der Waals surface area contributed by atoms with Crippen LogP contribution in [0.2, 0.25) is 0 Å². The lowest BCUT2D eigenvalue weighted by molar-refractivity contribution is -0.121. The Bertz CT molecular complexity index is 519. The summed E-state index contributed by atoms with van der Waals surface area (Å²) in [6.07, 6.45) is 1.40. The molecule has 1 fully saturated rings. The zero-order valence-corrected chi connectivity index (χ0v) is 10.2. The van der Waals surface area contributed by atoms with Gasteiger partial charge in [-0.3, -0.25) is 9.59 Å². The van der Waals surface area contributed by atoms with Gasteiger partial charge in [-0.1, -0.05) is 0 Å². The average molecular weight is 265 g/mol. The molecule has 2 rings (SSSR count). The Kier molecular flexibility index (Phi) is 3.52. The van der Waals surface area contributed by atoms with Crippen LogP contribution in [0.4, 0.5) is 11.5 Å². The molecule has 1 atom stereocenters. The molecule has 0 aliphatic carbocycles. The number of morpholine rings is 1. The first-order valence-corrected chi connectivity index (χ1v) is 5.69. The molecule has 19 heavy (non-hydrogen) atoms. The fourth-order valence-electron chi connectivity index (χ4n) is 1.98. The van der Waals surface area contributed by atoms with Crippen LogP contribution in [-0.4, -0.2) is 42.6 Å². The molecule has 1 aromatic rings. The van der Waals surface area contributed by atoms with E-state index in [4.69, 9.17) is 21.9 Å². The number of rotatable bonds is 3. The number of amides is 2. The first kappa shape index (κ1) is 13.1. The number of carbonyl (C=O) groups excluding carboxylic acids is 2. The Morgan fingerprint density at radius 3 is 2.79 bits per heavy atom. The van der Waals surface area contributed by atoms with E-state index >= 15 is 0 Å². The highest BCUT2D eigenvalue weighted by Gasteiger charge is 2.31. The summed E-state index contributed by atoms with van der Waals surface area (Å²) in [5.74, 6) is -0.910. The highest BCUT2D eigenvalue weighted by Crippen LogP contribution is 2.23. The lowest BCUT2D eigenvalue weighted by Crippen LogP contribution is -2.53. The summed E-state index contributed by atoms with van der Waals surface area (Å²) in [4.78, 5) is 28.6. The van der Waals surface area contributed by atoms with Gasteiger partial charge in [0.15, 0.2) is 0 Å². The van der Waals surface area contributed by atoms with Gasteiger partial charge in [0.2, 0.25) is 5.91 Å². The Labute approximate surface area is 109 Å². The molecular weight excluding hydrogens is 250 g/mol. The van der Waals surface area contributed by atoms with Gasteiger partial charge in [0.1, 0.15) is 11.9 Å². The highest BCUT2D eigenvalue weighted by molar-refractivity contribution is 5.99. The van der Waals surface area contributed by atoms with Crippen LogP contribution in [0, 0.1) is 0 Å². The van der Waals surface area contributed by atoms with Crippen LogP contribution in [-0.2, 0) is 9.53 Å². The maximum absolute atomic E-state index is 11.4. The number of ether oxygens (including phenoxy) is 1. The Morgan fingerprint density at radius 1 is 1.42 bits per heavy atom. The molecule has 2 heterocycles. The second-order valence-corrected chi connectivity index (χ2v) is 4.19. The van der Waals surface area contributed by atoms with Crippen LogP contribution in [0.3, 0.4) is 0 Å². The van der Waals surface area contributed by atoms with Crippen molar-refractivity contribution >= 4 is 23.3 Å². The minimum absolute atomic E-state index is 0.152. The summed E-state index contributed by atoms with van der Waals surface area (Å²) < 4.78 is 5.21. The second-order valence-electron chi connectivity index (χ2n) is 4.19. The molecule has 8 heteroatoms. The van der Waals surface area contributed by atoms with E-state index in [-0.39, 0.29) is 12.2 Å². The van der Waals surface area contributed by atoms with Crippen LogP contribution >= 0.6 is 0 Å². The smallest absolute Gasteiger partial charge is 0.252 e. The molecule has 0 aromatic carbocycles. The maximum atomic E-state index is 11.4. The topological polar surface area (TPSA) is 138 Å². The van der Waals surface area contributed by atoms with Gasteiger partial charge >= 0.3 is 0 Å². The van der Waals surface area contributed by atoms with Gasteiger partial charge in [0, 0.05) is 6.54 Å². The van der Waals surface area contributed by atoms with Gasteiger partial charge in [0.05, 0.1) is 30.7 Å². The van der Waals surface area contributed by atoms with E-state index in [1.54, 1.807) is 4.90 Å². The molecule has 8 nitrogen and oxygen atoms in total. The van der Waals surface area contributed by atoms with Crippen molar-refractivity contribution in [3.8, 4) is 0 Å². The molecule has 0 spiro atoms. The molecule has 102 valence electrons. The number of anilines is 2. The van der Waals surface area contributed by atoms with E-state index in [2.05, 4.69) is 4.98 Å². The van der Waals surface area contributed by atoms with Gasteiger partial charge in [-0.2, -0.15) is 0 Å². The van der Waals surface area contributed by atoms with E-state index in [1.165, 1.54) is 12.3 Å². The third-order valence-corrected chi connectivity index (χ3v) is 2.88. The standard InChI is InChI=1S/C11H15N5O3/c12-6-3-7(9(13)17)11(15-4-6)16-1-2-19-5-8(16)10(14)18/h3-4,8H,1-2,5,12H2,(H2,13,17)(H2,14,18). The van der Waals surface area contributed by atoms with Crippen molar-refractivity contribution in [3.63, 3.8) is 0 Å². The summed E-state index contributed by atoms with van der Waals surface area (Å²) in [5, 5.41) is 0. The summed E-state index contributed by atoms with van der Waals surface area (Å²) in [7, 11) is 0. The van der Waals surface area contributed by atoms with E-state index in [0.29, 0.717) is 24.7 Å². The molecule has 0 saturated carbocycles. The molecule has 0 bridgehead atoms. The zero-order chi connectivity index (χ0) is 14.0. The molecule has 0 radical (unpaired) electrons. The number of nitrogens with zero attached hydrogens (tertiary/aromatic N) is 2. The van der Waals surface area contributed by atoms with Crippen LogP contribution in [0.25, 0.3) is 0 Å². The van der Waals surface area contributed by atoms with Crippen molar-refractivity contribution in [1.82, 2.24) is 4.98 Å². The normalized spacial score (nSPS) is 19.2. The number of primary amides is 2. The highest BCUT2D eigenvalue weighted by atomic mass is 16.5. The third kappa shape index (κ3) is 2.58. The maximum Gasteiger partial charge on any atom is 0.252 e. The van der Waals surface area contributed by atoms with Crippen LogP contribution in [0.1, 0.15) is 10.4 Å². The summed E-state index contributed by atoms with van der Waals surface area (Å²) in [5.41, 5.74) is 16.7. The number of aromatic nitrogens is 1. The Morgan fingerprint density at radius 2 is 2.16 bits per heavy atom. The number of nitrogen functional groups attached to an aromatic ring is 1. The molecule has 6 N–H and O–H groups in total. The van der Waals surface area contributed by atoms with Crippen molar-refractivity contribution in [2.75, 3.05) is 30.4 Å². The Hall–Kier alpha value is -2.35. The molecular formula is C11H15N5O3. The van der Waals surface area contributed by atoms with Crippen LogP contribution in [0.5, 0.6) is 0 Å². The molecule has 1 aromatic heterocycles. The first-order valence-electron chi connectivity index (χ1n) is 5.69. The zero-order valence-electron chi connectivity index (χ0n) is 10.2. The third-order valence-electron chi connectivity index (χ3n) is 2.88. The van der Waals surface area contributed by atoms with Crippen molar-refractivity contribution in [2.24, 2.45) is 11.5 Å². The van der Waals surface area contributed by atoms with E-state index in [0.717, 1.165) is 0 Å². The largest absolute Gasteiger partial charge is 0.397 e. The number of pyridine rings is 1. The van der Waals surface area contributed by atoms with Crippen molar-refractivity contribution in [1.29, 1.82) is 0 Å². The molecule has 2 amide bonds. The minimum atomic E-state index is -0.678. The molecule has 1 saturated heterocycles. The number of nitrogens with two attached hydrogens (primary N) is 3. The molecule has 1 aliphatic rings. The van der Waals surface area contributed by atoms with Gasteiger partial charge in [-0.05, 0) is 6.07 Å². The predicted molar refractivity (Wildman–Crippen MR) is 68.3 cm³/mol. The average Bonchev–Trinajstić information content (AvgIpc) is 2.38. The van der Waals surface area contributed by atoms with Gasteiger partial charge in [-0.25, -0.2) is 4.98 Å². The SMILES string of the molecule is NC(=O)c1cc(N)cnc1N1CCOCC1C(N)=O. The second kappa shape index (κ2) is 5.11. The fraction of sp³-hybridized carbons (Fsp3) is 0.364. The van der Waals surface area contributed by atoms with E-state index < -0.39 is 17.9 Å². The lowest BCUT2D eigenvalue weighted by Gasteiger charge is -2.35. The number of carbonyl (C=O) groups is 2. The van der Waals surface area contributed by atoms with E-state index in [9.17, 15) is 9.59 Å². The van der Waals surface area contributed by atoms with Gasteiger partial charge < -0.3 is 26.8 Å². The molecule has 1 unspecified atom stereocenters. The van der Waals surface area contributed by atoms with Gasteiger partial charge in [-0.15, -0.1) is 0 Å².